The van der Waals surface area contributed by atoms with Gasteiger partial charge in [0.2, 0.25) is 0 Å². The van der Waals surface area contributed by atoms with Crippen molar-refractivity contribution in [3.05, 3.63) is 11.6 Å². The number of carbonyl (C=O) groups is 1. The van der Waals surface area contributed by atoms with Crippen LogP contribution in [0.25, 0.3) is 0 Å². The van der Waals surface area contributed by atoms with E-state index in [9.17, 15) is 9.90 Å². The third kappa shape index (κ3) is 3.53. The molecule has 0 N–H and O–H groups in total. The van der Waals surface area contributed by atoms with E-state index in [4.69, 9.17) is 0 Å². The highest BCUT2D eigenvalue weighted by atomic mass is 16.4. The van der Waals surface area contributed by atoms with Crippen molar-refractivity contribution in [1.82, 2.24) is 0 Å². The van der Waals surface area contributed by atoms with Crippen LogP contribution in [0.1, 0.15) is 13.8 Å². The standard InChI is InChI=1S/C9H17NO2/c1-7(9(11)12)6-8(2)10(3,4)5/h6,8H,1-5H3/b7-6+. The van der Waals surface area contributed by atoms with Gasteiger partial charge in [0.15, 0.2) is 0 Å². The van der Waals surface area contributed by atoms with Crippen LogP contribution in [0, 0.1) is 0 Å². The van der Waals surface area contributed by atoms with Crippen LogP contribution in [0.15, 0.2) is 11.6 Å². The molecule has 0 fully saturated rings. The molecule has 3 heteroatoms. The molecule has 0 aromatic rings. The minimum atomic E-state index is -1.09. The number of aliphatic carboxylic acids is 1. The van der Waals surface area contributed by atoms with Crippen molar-refractivity contribution >= 4 is 5.97 Å². The summed E-state index contributed by atoms with van der Waals surface area (Å²) in [5.41, 5.74) is 0.301. The van der Waals surface area contributed by atoms with Gasteiger partial charge in [-0.2, -0.15) is 0 Å². The fourth-order valence-electron chi connectivity index (χ4n) is 0.653. The fraction of sp³-hybridized carbons (Fsp3) is 0.667. The molecule has 0 saturated heterocycles. The van der Waals surface area contributed by atoms with Crippen LogP contribution in [0.4, 0.5) is 0 Å². The first-order valence-corrected chi connectivity index (χ1v) is 3.96. The number of hydrogen-bond acceptors (Lipinski definition) is 2. The average Bonchev–Trinajstić information content (AvgIpc) is 1.85. The topological polar surface area (TPSA) is 40.1 Å². The minimum Gasteiger partial charge on any atom is -0.545 e. The van der Waals surface area contributed by atoms with Crippen LogP contribution in [0.3, 0.4) is 0 Å². The van der Waals surface area contributed by atoms with E-state index in [-0.39, 0.29) is 6.04 Å². The number of nitrogens with zero attached hydrogens (tertiary/aromatic N) is 1. The molecular weight excluding hydrogens is 154 g/mol. The maximum Gasteiger partial charge on any atom is 0.105 e. The van der Waals surface area contributed by atoms with Gasteiger partial charge in [-0.1, -0.05) is 0 Å². The van der Waals surface area contributed by atoms with Gasteiger partial charge in [0.1, 0.15) is 6.04 Å². The SMILES string of the molecule is C/C(=C\C(C)[N+](C)(C)C)C(=O)[O-]. The van der Waals surface area contributed by atoms with Gasteiger partial charge in [-0.3, -0.25) is 0 Å². The van der Waals surface area contributed by atoms with E-state index in [1.807, 2.05) is 28.1 Å². The number of hydrogen-bond donors (Lipinski definition) is 0. The molecule has 0 amide bonds. The van der Waals surface area contributed by atoms with Crippen LogP contribution in [-0.2, 0) is 4.79 Å². The lowest BCUT2D eigenvalue weighted by atomic mass is 10.2. The smallest absolute Gasteiger partial charge is 0.105 e. The molecule has 1 atom stereocenters. The van der Waals surface area contributed by atoms with Gasteiger partial charge < -0.3 is 14.4 Å². The minimum absolute atomic E-state index is 0.183. The first-order chi connectivity index (χ1) is 5.25. The number of rotatable bonds is 3. The summed E-state index contributed by atoms with van der Waals surface area (Å²) in [6, 6.07) is 0.183. The Kier molecular flexibility index (Phi) is 3.46. The molecule has 0 spiro atoms. The molecule has 0 radical (unpaired) electrons. The molecule has 0 bridgehead atoms. The second-order valence-corrected chi connectivity index (χ2v) is 3.99. The number of carbonyl (C=O) groups excluding carboxylic acids is 1. The molecule has 0 aliphatic carbocycles. The van der Waals surface area contributed by atoms with Crippen molar-refractivity contribution in [1.29, 1.82) is 0 Å². The van der Waals surface area contributed by atoms with E-state index >= 15 is 0 Å². The summed E-state index contributed by atoms with van der Waals surface area (Å²) in [4.78, 5) is 10.4. The lowest BCUT2D eigenvalue weighted by Crippen LogP contribution is -2.42. The second-order valence-electron chi connectivity index (χ2n) is 3.99. The normalized spacial score (nSPS) is 15.9. The molecule has 0 aromatic carbocycles. The number of quaternary nitrogens is 1. The summed E-state index contributed by atoms with van der Waals surface area (Å²) in [6.07, 6.45) is 1.72. The van der Waals surface area contributed by atoms with E-state index in [2.05, 4.69) is 0 Å². The largest absolute Gasteiger partial charge is 0.545 e. The monoisotopic (exact) mass is 171 g/mol. The highest BCUT2D eigenvalue weighted by Crippen LogP contribution is 2.05. The van der Waals surface area contributed by atoms with Crippen molar-refractivity contribution in [3.8, 4) is 0 Å². The molecule has 70 valence electrons. The Morgan fingerprint density at radius 1 is 1.42 bits per heavy atom. The Morgan fingerprint density at radius 3 is 2.08 bits per heavy atom. The molecular formula is C9H17NO2. The quantitative estimate of drug-likeness (QED) is 0.435. The Bertz CT molecular complexity index is 201. The number of carboxylic acids is 1. The number of likely N-dealkylation sites (N-methyl/N-ethyl adjacent to an activating group) is 1. The molecule has 1 unspecified atom stereocenters. The predicted octanol–water partition coefficient (Wildman–Crippen LogP) is -0.223. The maximum absolute atomic E-state index is 10.4. The first kappa shape index (κ1) is 11.2. The van der Waals surface area contributed by atoms with Gasteiger partial charge in [-0.05, 0) is 25.5 Å². The Hall–Kier alpha value is -0.830. The van der Waals surface area contributed by atoms with E-state index in [0.717, 1.165) is 0 Å². The van der Waals surface area contributed by atoms with Crippen LogP contribution in [0.5, 0.6) is 0 Å². The first-order valence-electron chi connectivity index (χ1n) is 3.96. The van der Waals surface area contributed by atoms with Crippen LogP contribution in [0.2, 0.25) is 0 Å². The molecule has 0 aliphatic heterocycles. The van der Waals surface area contributed by atoms with E-state index in [1.54, 1.807) is 13.0 Å². The van der Waals surface area contributed by atoms with Gasteiger partial charge >= 0.3 is 0 Å². The lowest BCUT2D eigenvalue weighted by molar-refractivity contribution is -0.887. The average molecular weight is 171 g/mol. The zero-order chi connectivity index (χ0) is 9.94. The van der Waals surface area contributed by atoms with Gasteiger partial charge in [-0.25, -0.2) is 0 Å². The van der Waals surface area contributed by atoms with E-state index in [1.165, 1.54) is 0 Å². The van der Waals surface area contributed by atoms with Crippen LogP contribution < -0.4 is 5.11 Å². The van der Waals surface area contributed by atoms with Gasteiger partial charge in [0.05, 0.1) is 27.1 Å². The summed E-state index contributed by atoms with van der Waals surface area (Å²) >= 11 is 0. The summed E-state index contributed by atoms with van der Waals surface area (Å²) < 4.78 is 0.713. The van der Waals surface area contributed by atoms with E-state index < -0.39 is 5.97 Å². The zero-order valence-corrected chi connectivity index (χ0v) is 8.42. The van der Waals surface area contributed by atoms with Gasteiger partial charge in [-0.15, -0.1) is 0 Å². The Morgan fingerprint density at radius 2 is 1.83 bits per heavy atom. The van der Waals surface area contributed by atoms with Crippen molar-refractivity contribution in [2.24, 2.45) is 0 Å². The van der Waals surface area contributed by atoms with Crippen molar-refractivity contribution in [3.63, 3.8) is 0 Å². The molecule has 0 rings (SSSR count). The summed E-state index contributed by atoms with van der Waals surface area (Å²) in [7, 11) is 6.05. The molecule has 12 heavy (non-hydrogen) atoms. The summed E-state index contributed by atoms with van der Waals surface area (Å²) in [5.74, 6) is -1.09. The predicted molar refractivity (Wildman–Crippen MR) is 46.3 cm³/mol. The van der Waals surface area contributed by atoms with Gasteiger partial charge in [0, 0.05) is 0 Å². The molecule has 0 aliphatic rings. The third-order valence-electron chi connectivity index (χ3n) is 2.03. The molecule has 3 nitrogen and oxygen atoms in total. The third-order valence-corrected chi connectivity index (χ3v) is 2.03. The fourth-order valence-corrected chi connectivity index (χ4v) is 0.653. The van der Waals surface area contributed by atoms with Crippen LogP contribution in [-0.4, -0.2) is 37.6 Å². The van der Waals surface area contributed by atoms with Gasteiger partial charge in [0.25, 0.3) is 0 Å². The van der Waals surface area contributed by atoms with E-state index in [0.29, 0.717) is 10.1 Å². The Labute approximate surface area is 73.9 Å². The van der Waals surface area contributed by atoms with Crippen LogP contribution >= 0.6 is 0 Å². The molecule has 0 heterocycles. The van der Waals surface area contributed by atoms with Crippen molar-refractivity contribution < 1.29 is 14.4 Å². The number of carboxylic acid groups (broad SMARTS) is 1. The van der Waals surface area contributed by atoms with Crippen molar-refractivity contribution in [2.75, 3.05) is 21.1 Å². The summed E-state index contributed by atoms with van der Waals surface area (Å²) in [6.45, 7) is 3.54. The highest BCUT2D eigenvalue weighted by Gasteiger charge is 2.15. The molecule has 0 aromatic heterocycles. The summed E-state index contributed by atoms with van der Waals surface area (Å²) in [5, 5.41) is 10.4. The Balaban J connectivity index is 4.44. The molecule has 0 saturated carbocycles. The lowest BCUT2D eigenvalue weighted by Gasteiger charge is -2.30. The second kappa shape index (κ2) is 3.72. The zero-order valence-electron chi connectivity index (χ0n) is 8.42. The highest BCUT2D eigenvalue weighted by molar-refractivity contribution is 5.83. The van der Waals surface area contributed by atoms with Crippen molar-refractivity contribution in [2.45, 2.75) is 19.9 Å². The maximum atomic E-state index is 10.4.